The van der Waals surface area contributed by atoms with E-state index in [0.29, 0.717) is 0 Å². The Balaban J connectivity index is 2.14. The topological polar surface area (TPSA) is 27.7 Å². The molecule has 0 spiro atoms. The lowest BCUT2D eigenvalue weighted by atomic mass is 10.0. The third-order valence-corrected chi connectivity index (χ3v) is 7.82. The Morgan fingerprint density at radius 1 is 1.05 bits per heavy atom. The zero-order chi connectivity index (χ0) is 16.0. The molecule has 1 saturated heterocycles. The van der Waals surface area contributed by atoms with Crippen molar-refractivity contribution >= 4 is 13.7 Å². The van der Waals surface area contributed by atoms with Gasteiger partial charge in [0.05, 0.1) is 13.2 Å². The van der Waals surface area contributed by atoms with Crippen LogP contribution in [0.1, 0.15) is 40.5 Å². The Morgan fingerprint density at radius 2 is 1.64 bits per heavy atom. The van der Waals surface area contributed by atoms with Crippen LogP contribution in [0.15, 0.2) is 30.3 Å². The highest BCUT2D eigenvalue weighted by molar-refractivity contribution is 6.81. The van der Waals surface area contributed by atoms with E-state index in [2.05, 4.69) is 58.0 Å². The van der Waals surface area contributed by atoms with Crippen molar-refractivity contribution < 1.29 is 13.6 Å². The molecule has 4 heteroatoms. The third kappa shape index (κ3) is 4.91. The minimum Gasteiger partial charge on any atom is -0.388 e. The van der Waals surface area contributed by atoms with Crippen LogP contribution in [0.5, 0.6) is 0 Å². The molecule has 3 nitrogen and oxygen atoms in total. The standard InChI is InChI=1S/C18H30O3Si/c1-15(2)20-22(21-16(3)4,18-10-6-5-7-11-18)12-8-9-17-13-19-14-17/h5-7,10-11,15-17H,8-9,12-14H2,1-4H3. The van der Waals surface area contributed by atoms with Crippen molar-refractivity contribution in [2.45, 2.75) is 58.8 Å². The Labute approximate surface area is 136 Å². The second-order valence-electron chi connectivity index (χ2n) is 6.75. The maximum absolute atomic E-state index is 6.45. The molecule has 1 aromatic carbocycles. The van der Waals surface area contributed by atoms with Crippen molar-refractivity contribution in [3.05, 3.63) is 30.3 Å². The van der Waals surface area contributed by atoms with Crippen LogP contribution in [0.2, 0.25) is 6.04 Å². The van der Waals surface area contributed by atoms with Crippen molar-refractivity contribution in [3.8, 4) is 0 Å². The zero-order valence-corrected chi connectivity index (χ0v) is 15.4. The molecule has 2 rings (SSSR count). The van der Waals surface area contributed by atoms with Crippen LogP contribution < -0.4 is 5.19 Å². The van der Waals surface area contributed by atoms with Gasteiger partial charge in [0.2, 0.25) is 0 Å². The summed E-state index contributed by atoms with van der Waals surface area (Å²) in [6, 6.07) is 11.6. The fourth-order valence-electron chi connectivity index (χ4n) is 2.95. The highest BCUT2D eigenvalue weighted by Crippen LogP contribution is 2.25. The summed E-state index contributed by atoms with van der Waals surface area (Å²) >= 11 is 0. The fraction of sp³-hybridized carbons (Fsp3) is 0.667. The maximum Gasteiger partial charge on any atom is 0.372 e. The van der Waals surface area contributed by atoms with Gasteiger partial charge in [0, 0.05) is 18.1 Å². The summed E-state index contributed by atoms with van der Waals surface area (Å²) in [5.74, 6) is 0.737. The minimum absolute atomic E-state index is 0.178. The highest BCUT2D eigenvalue weighted by atomic mass is 28.4. The summed E-state index contributed by atoms with van der Waals surface area (Å²) in [5, 5.41) is 1.25. The molecule has 0 aromatic heterocycles. The average Bonchev–Trinajstić information content (AvgIpc) is 2.41. The number of benzene rings is 1. The van der Waals surface area contributed by atoms with Crippen molar-refractivity contribution in [1.29, 1.82) is 0 Å². The lowest BCUT2D eigenvalue weighted by Gasteiger charge is -2.35. The molecule has 0 amide bonds. The van der Waals surface area contributed by atoms with Crippen LogP contribution in [-0.2, 0) is 13.6 Å². The molecule has 1 aliphatic rings. The van der Waals surface area contributed by atoms with Gasteiger partial charge in [-0.2, -0.15) is 0 Å². The van der Waals surface area contributed by atoms with Gasteiger partial charge < -0.3 is 13.6 Å². The first kappa shape index (κ1) is 17.7. The van der Waals surface area contributed by atoms with E-state index in [9.17, 15) is 0 Å². The lowest BCUT2D eigenvalue weighted by molar-refractivity contribution is -0.0360. The molecule has 1 fully saturated rings. The molecule has 1 aliphatic heterocycles. The van der Waals surface area contributed by atoms with Gasteiger partial charge in [0.15, 0.2) is 0 Å². The predicted octanol–water partition coefficient (Wildman–Crippen LogP) is 3.61. The van der Waals surface area contributed by atoms with E-state index >= 15 is 0 Å². The molecule has 0 atom stereocenters. The Bertz CT molecular complexity index is 419. The normalized spacial score (nSPS) is 16.3. The summed E-state index contributed by atoms with van der Waals surface area (Å²) in [6.07, 6.45) is 2.72. The molecule has 1 aromatic rings. The molecule has 124 valence electrons. The molecule has 0 radical (unpaired) electrons. The van der Waals surface area contributed by atoms with Crippen LogP contribution in [0, 0.1) is 5.92 Å². The highest BCUT2D eigenvalue weighted by Gasteiger charge is 2.41. The predicted molar refractivity (Wildman–Crippen MR) is 92.6 cm³/mol. The van der Waals surface area contributed by atoms with E-state index in [1.54, 1.807) is 0 Å². The van der Waals surface area contributed by atoms with Gasteiger partial charge in [0.1, 0.15) is 0 Å². The van der Waals surface area contributed by atoms with Gasteiger partial charge in [-0.25, -0.2) is 0 Å². The van der Waals surface area contributed by atoms with Crippen LogP contribution in [0.4, 0.5) is 0 Å². The van der Waals surface area contributed by atoms with Crippen LogP contribution in [-0.4, -0.2) is 34.0 Å². The van der Waals surface area contributed by atoms with E-state index in [0.717, 1.165) is 31.6 Å². The van der Waals surface area contributed by atoms with Crippen LogP contribution in [0.3, 0.4) is 0 Å². The number of rotatable bonds is 9. The van der Waals surface area contributed by atoms with E-state index in [1.165, 1.54) is 11.6 Å². The first-order valence-corrected chi connectivity index (χ1v) is 10.5. The molecule has 0 unspecified atom stereocenters. The summed E-state index contributed by atoms with van der Waals surface area (Å²) in [7, 11) is -2.39. The minimum atomic E-state index is -2.39. The summed E-state index contributed by atoms with van der Waals surface area (Å²) in [6.45, 7) is 10.3. The Hall–Kier alpha value is -0.683. The first-order chi connectivity index (χ1) is 10.5. The number of ether oxygens (including phenoxy) is 1. The molecule has 0 aliphatic carbocycles. The van der Waals surface area contributed by atoms with E-state index < -0.39 is 8.56 Å². The van der Waals surface area contributed by atoms with Crippen LogP contribution in [0.25, 0.3) is 0 Å². The van der Waals surface area contributed by atoms with E-state index in [1.807, 2.05) is 0 Å². The largest absolute Gasteiger partial charge is 0.388 e. The Kier molecular flexibility index (Phi) is 6.62. The summed E-state index contributed by atoms with van der Waals surface area (Å²) in [4.78, 5) is 0. The van der Waals surface area contributed by atoms with Crippen molar-refractivity contribution in [2.75, 3.05) is 13.2 Å². The summed E-state index contributed by atoms with van der Waals surface area (Å²) < 4.78 is 18.2. The SMILES string of the molecule is CC(C)O[Si](CCCC1COC1)(OC(C)C)c1ccccc1. The quantitative estimate of drug-likeness (QED) is 0.650. The molecule has 1 heterocycles. The van der Waals surface area contributed by atoms with Gasteiger partial charge in [-0.15, -0.1) is 0 Å². The van der Waals surface area contributed by atoms with E-state index in [4.69, 9.17) is 13.6 Å². The molecule has 0 N–H and O–H groups in total. The van der Waals surface area contributed by atoms with Crippen molar-refractivity contribution in [1.82, 2.24) is 0 Å². The van der Waals surface area contributed by atoms with Gasteiger partial charge >= 0.3 is 8.56 Å². The monoisotopic (exact) mass is 322 g/mol. The summed E-state index contributed by atoms with van der Waals surface area (Å²) in [5.41, 5.74) is 0. The van der Waals surface area contributed by atoms with Gasteiger partial charge in [-0.05, 0) is 45.3 Å². The maximum atomic E-state index is 6.45. The number of hydrogen-bond donors (Lipinski definition) is 0. The molecular formula is C18H30O3Si. The average molecular weight is 323 g/mol. The molecule has 0 saturated carbocycles. The van der Waals surface area contributed by atoms with Gasteiger partial charge in [0.25, 0.3) is 0 Å². The van der Waals surface area contributed by atoms with Crippen molar-refractivity contribution in [2.24, 2.45) is 5.92 Å². The smallest absolute Gasteiger partial charge is 0.372 e. The van der Waals surface area contributed by atoms with E-state index in [-0.39, 0.29) is 12.2 Å². The fourth-order valence-corrected chi connectivity index (χ4v) is 6.70. The van der Waals surface area contributed by atoms with Crippen molar-refractivity contribution in [3.63, 3.8) is 0 Å². The second kappa shape index (κ2) is 8.25. The van der Waals surface area contributed by atoms with Gasteiger partial charge in [-0.1, -0.05) is 36.8 Å². The second-order valence-corrected chi connectivity index (χ2v) is 9.80. The lowest BCUT2D eigenvalue weighted by Crippen LogP contribution is -2.56. The van der Waals surface area contributed by atoms with Gasteiger partial charge in [-0.3, -0.25) is 0 Å². The third-order valence-electron chi connectivity index (χ3n) is 3.89. The number of hydrogen-bond acceptors (Lipinski definition) is 3. The Morgan fingerprint density at radius 3 is 2.09 bits per heavy atom. The first-order valence-electron chi connectivity index (χ1n) is 8.51. The molecular weight excluding hydrogens is 292 g/mol. The zero-order valence-electron chi connectivity index (χ0n) is 14.4. The molecule has 22 heavy (non-hydrogen) atoms. The molecule has 0 bridgehead atoms. The van der Waals surface area contributed by atoms with Crippen LogP contribution >= 0.6 is 0 Å².